The van der Waals surface area contributed by atoms with Crippen molar-refractivity contribution in [3.8, 4) is 11.5 Å². The number of ether oxygens (including phenoxy) is 2. The molecule has 2 rings (SSSR count). The number of rotatable bonds is 2. The van der Waals surface area contributed by atoms with Gasteiger partial charge in [-0.25, -0.2) is 0 Å². The summed E-state index contributed by atoms with van der Waals surface area (Å²) in [6.45, 7) is 1.37. The second-order valence-corrected chi connectivity index (χ2v) is 3.27. The van der Waals surface area contributed by atoms with E-state index < -0.39 is 0 Å². The molecule has 0 saturated heterocycles. The molecule has 0 aliphatic carbocycles. The summed E-state index contributed by atoms with van der Waals surface area (Å²) in [5.74, 6) is 1.14. The van der Waals surface area contributed by atoms with E-state index in [-0.39, 0.29) is 38.7 Å². The van der Waals surface area contributed by atoms with Crippen LogP contribution in [0.15, 0.2) is 48.5 Å². The number of hydrogen-bond donors (Lipinski definition) is 0. The Morgan fingerprint density at radius 1 is 0.947 bits per heavy atom. The van der Waals surface area contributed by atoms with E-state index in [1.807, 2.05) is 24.3 Å². The molecule has 0 aliphatic heterocycles. The predicted octanol–water partition coefficient (Wildman–Crippen LogP) is 2.90. The molecule has 2 aromatic rings. The standard InChI is InChI=1S/C8H7O2.C7H7O.Y/c1-7(9)10-8-5-3-2-4-6-8;1-8-7-5-3-2-4-6-7;/h3-6H,1H3;3-6H,1H3;/q2*-1;. The van der Waals surface area contributed by atoms with Crippen LogP contribution in [0.3, 0.4) is 0 Å². The number of hydrogen-bond acceptors (Lipinski definition) is 3. The quantitative estimate of drug-likeness (QED) is 0.482. The van der Waals surface area contributed by atoms with Crippen molar-refractivity contribution < 1.29 is 47.0 Å². The van der Waals surface area contributed by atoms with Gasteiger partial charge in [-0.1, -0.05) is 0 Å². The number of esters is 1. The van der Waals surface area contributed by atoms with E-state index in [4.69, 9.17) is 9.47 Å². The van der Waals surface area contributed by atoms with Gasteiger partial charge in [0, 0.05) is 51.1 Å². The molecule has 1 radical (unpaired) electrons. The van der Waals surface area contributed by atoms with E-state index in [0.717, 1.165) is 5.75 Å². The van der Waals surface area contributed by atoms with Gasteiger partial charge in [0.2, 0.25) is 0 Å². The number of methoxy groups -OCH3 is 1. The summed E-state index contributed by atoms with van der Waals surface area (Å²) in [6.07, 6.45) is 0. The van der Waals surface area contributed by atoms with Crippen LogP contribution in [0.5, 0.6) is 11.5 Å². The first kappa shape index (κ1) is 17.8. The SMILES string of the molecule is CC(=O)Oc1cc[c-]cc1.COc1cc[c-]cc1.[Y]. The fourth-order valence-corrected chi connectivity index (χ4v) is 1.11. The van der Waals surface area contributed by atoms with E-state index in [0.29, 0.717) is 5.75 Å². The van der Waals surface area contributed by atoms with E-state index in [2.05, 4.69) is 12.1 Å². The maximum absolute atomic E-state index is 10.4. The molecule has 0 fully saturated rings. The van der Waals surface area contributed by atoms with Crippen molar-refractivity contribution in [2.24, 2.45) is 0 Å². The minimum Gasteiger partial charge on any atom is -0.522 e. The third-order valence-electron chi connectivity index (χ3n) is 1.87. The molecule has 19 heavy (non-hydrogen) atoms. The van der Waals surface area contributed by atoms with Gasteiger partial charge in [0.05, 0.1) is 7.11 Å². The van der Waals surface area contributed by atoms with Crippen LogP contribution in [-0.4, -0.2) is 13.1 Å². The first-order valence-electron chi connectivity index (χ1n) is 5.37. The molecule has 0 saturated carbocycles. The minimum atomic E-state index is -0.300. The molecule has 97 valence electrons. The fraction of sp³-hybridized carbons (Fsp3) is 0.133. The largest absolute Gasteiger partial charge is 0.522 e. The normalized spacial score (nSPS) is 8.32. The molecule has 0 amide bonds. The van der Waals surface area contributed by atoms with Crippen LogP contribution in [0, 0.1) is 12.1 Å². The molecule has 0 aromatic heterocycles. The fourth-order valence-electron chi connectivity index (χ4n) is 1.11. The van der Waals surface area contributed by atoms with Crippen LogP contribution in [0.2, 0.25) is 0 Å². The van der Waals surface area contributed by atoms with Gasteiger partial charge in [-0.2, -0.15) is 36.4 Å². The topological polar surface area (TPSA) is 35.5 Å². The molecule has 0 bridgehead atoms. The van der Waals surface area contributed by atoms with Crippen LogP contribution < -0.4 is 9.47 Å². The monoisotopic (exact) mass is 331 g/mol. The van der Waals surface area contributed by atoms with Crippen LogP contribution >= 0.6 is 0 Å². The molecular weight excluding hydrogens is 317 g/mol. The van der Waals surface area contributed by atoms with Crippen molar-refractivity contribution in [2.75, 3.05) is 7.11 Å². The Hall–Kier alpha value is -1.19. The second kappa shape index (κ2) is 10.7. The average Bonchev–Trinajstić information content (AvgIpc) is 2.41. The molecule has 0 heterocycles. The summed E-state index contributed by atoms with van der Waals surface area (Å²) in [6, 6.07) is 19.8. The zero-order chi connectivity index (χ0) is 13.2. The molecular formula is C15H14O3Y-2. The second-order valence-electron chi connectivity index (χ2n) is 3.27. The molecule has 4 heteroatoms. The Morgan fingerprint density at radius 3 is 1.68 bits per heavy atom. The maximum atomic E-state index is 10.4. The summed E-state index contributed by atoms with van der Waals surface area (Å²) < 4.78 is 9.65. The number of benzene rings is 2. The Labute approximate surface area is 138 Å². The van der Waals surface area contributed by atoms with Gasteiger partial charge >= 0.3 is 5.97 Å². The summed E-state index contributed by atoms with van der Waals surface area (Å²) in [7, 11) is 1.65. The summed E-state index contributed by atoms with van der Waals surface area (Å²) in [5, 5.41) is 0. The van der Waals surface area contributed by atoms with Gasteiger partial charge in [0.25, 0.3) is 0 Å². The molecule has 0 unspecified atom stereocenters. The van der Waals surface area contributed by atoms with Gasteiger partial charge in [-0.05, 0) is 0 Å². The minimum absolute atomic E-state index is 0. The van der Waals surface area contributed by atoms with Crippen LogP contribution in [0.1, 0.15) is 6.92 Å². The van der Waals surface area contributed by atoms with Crippen LogP contribution in [0.4, 0.5) is 0 Å². The van der Waals surface area contributed by atoms with Crippen LogP contribution in [0.25, 0.3) is 0 Å². The summed E-state index contributed by atoms with van der Waals surface area (Å²) >= 11 is 0. The van der Waals surface area contributed by atoms with Crippen LogP contribution in [-0.2, 0) is 37.5 Å². The Balaban J connectivity index is 0.000000331. The number of carbonyl (C=O) groups excluding carboxylic acids is 1. The third-order valence-corrected chi connectivity index (χ3v) is 1.87. The third kappa shape index (κ3) is 8.52. The maximum Gasteiger partial charge on any atom is 0.305 e. The van der Waals surface area contributed by atoms with Crippen molar-refractivity contribution in [1.29, 1.82) is 0 Å². The summed E-state index contributed by atoms with van der Waals surface area (Å²) in [4.78, 5) is 10.4. The van der Waals surface area contributed by atoms with Crippen molar-refractivity contribution >= 4 is 5.97 Å². The molecule has 2 aromatic carbocycles. The molecule has 0 spiro atoms. The van der Waals surface area contributed by atoms with Crippen molar-refractivity contribution in [2.45, 2.75) is 6.92 Å². The Morgan fingerprint density at radius 2 is 1.37 bits per heavy atom. The first-order chi connectivity index (χ1) is 8.72. The van der Waals surface area contributed by atoms with Gasteiger partial charge < -0.3 is 9.47 Å². The average molecular weight is 331 g/mol. The van der Waals surface area contributed by atoms with Gasteiger partial charge in [0.15, 0.2) is 0 Å². The van der Waals surface area contributed by atoms with Crippen molar-refractivity contribution in [3.05, 3.63) is 60.7 Å². The van der Waals surface area contributed by atoms with Gasteiger partial charge in [-0.15, -0.1) is 24.3 Å². The van der Waals surface area contributed by atoms with E-state index in [1.54, 1.807) is 31.4 Å². The Kier molecular flexibility index (Phi) is 10.0. The van der Waals surface area contributed by atoms with Crippen molar-refractivity contribution in [1.82, 2.24) is 0 Å². The number of carbonyl (C=O) groups is 1. The zero-order valence-corrected chi connectivity index (χ0v) is 13.8. The van der Waals surface area contributed by atoms with Gasteiger partial charge in [0.1, 0.15) is 0 Å². The molecule has 0 atom stereocenters. The summed E-state index contributed by atoms with van der Waals surface area (Å²) in [5.41, 5.74) is 0. The molecule has 0 N–H and O–H groups in total. The van der Waals surface area contributed by atoms with E-state index in [1.165, 1.54) is 6.92 Å². The van der Waals surface area contributed by atoms with Crippen molar-refractivity contribution in [3.63, 3.8) is 0 Å². The zero-order valence-electron chi connectivity index (χ0n) is 10.9. The predicted molar refractivity (Wildman–Crippen MR) is 68.4 cm³/mol. The molecule has 3 nitrogen and oxygen atoms in total. The molecule has 0 aliphatic rings. The van der Waals surface area contributed by atoms with E-state index >= 15 is 0 Å². The van der Waals surface area contributed by atoms with Gasteiger partial charge in [-0.3, -0.25) is 4.79 Å². The smallest absolute Gasteiger partial charge is 0.305 e. The Bertz CT molecular complexity index is 457. The first-order valence-corrected chi connectivity index (χ1v) is 5.37. The van der Waals surface area contributed by atoms with E-state index in [9.17, 15) is 4.79 Å².